The molecule has 0 spiro atoms. The molecule has 19 heavy (non-hydrogen) atoms. The maximum absolute atomic E-state index is 11.1. The summed E-state index contributed by atoms with van der Waals surface area (Å²) in [6, 6.07) is 19.4. The van der Waals surface area contributed by atoms with E-state index >= 15 is 0 Å². The van der Waals surface area contributed by atoms with Crippen LogP contribution in [0.15, 0.2) is 67.2 Å². The van der Waals surface area contributed by atoms with Gasteiger partial charge in [0.05, 0.1) is 6.42 Å². The van der Waals surface area contributed by atoms with Crippen LogP contribution in [0.4, 0.5) is 0 Å². The lowest BCUT2D eigenvalue weighted by Crippen LogP contribution is -2.08. The number of aliphatic carboxylic acids is 1. The van der Waals surface area contributed by atoms with Gasteiger partial charge in [0.15, 0.2) is 0 Å². The first kappa shape index (κ1) is 13.1. The Morgan fingerprint density at radius 2 is 1.53 bits per heavy atom. The average molecular weight is 252 g/mol. The second-order valence-corrected chi connectivity index (χ2v) is 4.45. The molecule has 0 radical (unpaired) electrons. The molecule has 96 valence electrons. The summed E-state index contributed by atoms with van der Waals surface area (Å²) in [6.45, 7) is 4.09. The van der Waals surface area contributed by atoms with Gasteiger partial charge in [-0.15, -0.1) is 0 Å². The number of carboxylic acid groups (broad SMARTS) is 1. The van der Waals surface area contributed by atoms with E-state index in [0.29, 0.717) is 0 Å². The van der Waals surface area contributed by atoms with E-state index in [9.17, 15) is 4.79 Å². The van der Waals surface area contributed by atoms with E-state index in [1.807, 2.05) is 60.7 Å². The summed E-state index contributed by atoms with van der Waals surface area (Å²) >= 11 is 0. The molecule has 0 aliphatic heterocycles. The van der Waals surface area contributed by atoms with Crippen molar-refractivity contribution in [2.45, 2.75) is 12.3 Å². The Morgan fingerprint density at radius 3 is 2.05 bits per heavy atom. The minimum absolute atomic E-state index is 0.0533. The van der Waals surface area contributed by atoms with E-state index in [1.54, 1.807) is 0 Å². The second-order valence-electron chi connectivity index (χ2n) is 4.45. The molecule has 2 aromatic carbocycles. The minimum Gasteiger partial charge on any atom is -0.481 e. The van der Waals surface area contributed by atoms with Gasteiger partial charge in [-0.1, -0.05) is 67.2 Å². The second kappa shape index (κ2) is 6.01. The number of hydrogen-bond acceptors (Lipinski definition) is 1. The SMILES string of the molecule is C=C(c1ccccc1)C(CC(=O)O)c1ccccc1. The normalized spacial score (nSPS) is 11.8. The molecule has 1 N–H and O–H groups in total. The van der Waals surface area contributed by atoms with Gasteiger partial charge in [-0.3, -0.25) is 4.79 Å². The number of rotatable bonds is 5. The molecule has 0 aliphatic rings. The number of carbonyl (C=O) groups is 1. The smallest absolute Gasteiger partial charge is 0.304 e. The van der Waals surface area contributed by atoms with Gasteiger partial charge in [-0.25, -0.2) is 0 Å². The third kappa shape index (κ3) is 3.32. The van der Waals surface area contributed by atoms with Crippen molar-refractivity contribution in [2.75, 3.05) is 0 Å². The van der Waals surface area contributed by atoms with Crippen LogP contribution in [0.2, 0.25) is 0 Å². The molecule has 2 rings (SSSR count). The maximum Gasteiger partial charge on any atom is 0.304 e. The molecular formula is C17H16O2. The highest BCUT2D eigenvalue weighted by Gasteiger charge is 2.19. The molecule has 1 unspecified atom stereocenters. The summed E-state index contributed by atoms with van der Waals surface area (Å²) in [6.07, 6.45) is 0.0533. The van der Waals surface area contributed by atoms with Crippen LogP contribution in [0, 0.1) is 0 Å². The lowest BCUT2D eigenvalue weighted by atomic mass is 9.85. The molecule has 2 nitrogen and oxygen atoms in total. The van der Waals surface area contributed by atoms with Crippen LogP contribution < -0.4 is 0 Å². The van der Waals surface area contributed by atoms with Gasteiger partial charge in [0.2, 0.25) is 0 Å². The number of benzene rings is 2. The minimum atomic E-state index is -0.814. The van der Waals surface area contributed by atoms with Crippen molar-refractivity contribution >= 4 is 11.5 Å². The monoisotopic (exact) mass is 252 g/mol. The Kier molecular flexibility index (Phi) is 4.14. The Morgan fingerprint density at radius 1 is 1.00 bits per heavy atom. The standard InChI is InChI=1S/C17H16O2/c1-13(14-8-4-2-5-9-14)16(12-17(18)19)15-10-6-3-7-11-15/h2-11,16H,1,12H2,(H,18,19). The van der Waals surface area contributed by atoms with Crippen LogP contribution in [0.25, 0.3) is 5.57 Å². The van der Waals surface area contributed by atoms with Crippen LogP contribution in [0.3, 0.4) is 0 Å². The predicted octanol–water partition coefficient (Wildman–Crippen LogP) is 3.96. The molecule has 1 atom stereocenters. The Balaban J connectivity index is 2.33. The van der Waals surface area contributed by atoms with Gasteiger partial charge in [0.1, 0.15) is 0 Å². The molecule has 2 aromatic rings. The summed E-state index contributed by atoms with van der Waals surface area (Å²) in [5.74, 6) is -1.01. The fourth-order valence-corrected chi connectivity index (χ4v) is 2.16. The molecule has 0 aromatic heterocycles. The van der Waals surface area contributed by atoms with Crippen LogP contribution in [0.1, 0.15) is 23.5 Å². The quantitative estimate of drug-likeness (QED) is 0.874. The first-order valence-electron chi connectivity index (χ1n) is 6.19. The fourth-order valence-electron chi connectivity index (χ4n) is 2.16. The summed E-state index contributed by atoms with van der Waals surface area (Å²) < 4.78 is 0. The zero-order valence-corrected chi connectivity index (χ0v) is 10.6. The maximum atomic E-state index is 11.1. The van der Waals surface area contributed by atoms with Crippen molar-refractivity contribution < 1.29 is 9.90 Å². The first-order chi connectivity index (χ1) is 9.18. The Hall–Kier alpha value is -2.35. The van der Waals surface area contributed by atoms with Crippen molar-refractivity contribution in [1.82, 2.24) is 0 Å². The molecule has 0 saturated carbocycles. The van der Waals surface area contributed by atoms with Gasteiger partial charge >= 0.3 is 5.97 Å². The molecule has 0 aliphatic carbocycles. The molecule has 0 amide bonds. The summed E-state index contributed by atoms with van der Waals surface area (Å²) in [5.41, 5.74) is 2.81. The van der Waals surface area contributed by atoms with E-state index in [2.05, 4.69) is 6.58 Å². The summed E-state index contributed by atoms with van der Waals surface area (Å²) in [7, 11) is 0. The molecule has 2 heteroatoms. The van der Waals surface area contributed by atoms with Gasteiger partial charge in [-0.2, -0.15) is 0 Å². The highest BCUT2D eigenvalue weighted by atomic mass is 16.4. The van der Waals surface area contributed by atoms with Gasteiger partial charge in [0.25, 0.3) is 0 Å². The lowest BCUT2D eigenvalue weighted by Gasteiger charge is -2.18. The van der Waals surface area contributed by atoms with Crippen LogP contribution in [-0.4, -0.2) is 11.1 Å². The van der Waals surface area contributed by atoms with Crippen LogP contribution in [0.5, 0.6) is 0 Å². The third-order valence-electron chi connectivity index (χ3n) is 3.15. The molecule has 0 fully saturated rings. The predicted molar refractivity (Wildman–Crippen MR) is 76.9 cm³/mol. The molecule has 0 saturated heterocycles. The topological polar surface area (TPSA) is 37.3 Å². The molecule has 0 bridgehead atoms. The average Bonchev–Trinajstić information content (AvgIpc) is 2.46. The van der Waals surface area contributed by atoms with Gasteiger partial charge in [0, 0.05) is 5.92 Å². The molecular weight excluding hydrogens is 236 g/mol. The van der Waals surface area contributed by atoms with Crippen molar-refractivity contribution in [3.8, 4) is 0 Å². The van der Waals surface area contributed by atoms with Gasteiger partial charge < -0.3 is 5.11 Å². The van der Waals surface area contributed by atoms with E-state index in [-0.39, 0.29) is 12.3 Å². The number of carboxylic acids is 1. The number of hydrogen-bond donors (Lipinski definition) is 1. The largest absolute Gasteiger partial charge is 0.481 e. The zero-order valence-electron chi connectivity index (χ0n) is 10.6. The van der Waals surface area contributed by atoms with Gasteiger partial charge in [-0.05, 0) is 16.7 Å². The molecule has 0 heterocycles. The van der Waals surface area contributed by atoms with E-state index in [0.717, 1.165) is 16.7 Å². The zero-order chi connectivity index (χ0) is 13.7. The van der Waals surface area contributed by atoms with Crippen molar-refractivity contribution in [1.29, 1.82) is 0 Å². The van der Waals surface area contributed by atoms with E-state index < -0.39 is 5.97 Å². The Bertz CT molecular complexity index is 558. The number of allylic oxidation sites excluding steroid dienone is 1. The highest BCUT2D eigenvalue weighted by molar-refractivity contribution is 5.77. The van der Waals surface area contributed by atoms with Crippen LogP contribution >= 0.6 is 0 Å². The van der Waals surface area contributed by atoms with Crippen LogP contribution in [-0.2, 0) is 4.79 Å². The summed E-state index contributed by atoms with van der Waals surface area (Å²) in [4.78, 5) is 11.1. The summed E-state index contributed by atoms with van der Waals surface area (Å²) in [5, 5.41) is 9.10. The first-order valence-corrected chi connectivity index (χ1v) is 6.19. The van der Waals surface area contributed by atoms with Crippen molar-refractivity contribution in [3.05, 3.63) is 78.4 Å². The fraction of sp³-hybridized carbons (Fsp3) is 0.118. The Labute approximate surface area is 113 Å². The van der Waals surface area contributed by atoms with E-state index in [4.69, 9.17) is 5.11 Å². The third-order valence-corrected chi connectivity index (χ3v) is 3.15. The van der Waals surface area contributed by atoms with Crippen molar-refractivity contribution in [3.63, 3.8) is 0 Å². The lowest BCUT2D eigenvalue weighted by molar-refractivity contribution is -0.137. The van der Waals surface area contributed by atoms with E-state index in [1.165, 1.54) is 0 Å². The highest BCUT2D eigenvalue weighted by Crippen LogP contribution is 2.33. The van der Waals surface area contributed by atoms with Crippen molar-refractivity contribution in [2.24, 2.45) is 0 Å².